The third kappa shape index (κ3) is 16.2. The van der Waals surface area contributed by atoms with Crippen LogP contribution in [0.4, 0.5) is 0 Å². The van der Waals surface area contributed by atoms with Crippen LogP contribution < -0.4 is 0 Å². The van der Waals surface area contributed by atoms with Crippen molar-refractivity contribution in [3.8, 4) is 0 Å². The lowest BCUT2D eigenvalue weighted by Crippen LogP contribution is -1.99. The summed E-state index contributed by atoms with van der Waals surface area (Å²) in [6, 6.07) is 0. The molecule has 0 rings (SSSR count). The van der Waals surface area contributed by atoms with Crippen LogP contribution in [0.5, 0.6) is 0 Å². The first-order valence-electron chi connectivity index (χ1n) is 10.1. The monoisotopic (exact) mass is 295 g/mol. The zero-order chi connectivity index (χ0) is 15.6. The standard InChI is InChI=1S/C21H43/c1-4-7-9-10-11-12-13-14-15-16-18-20-21(6-3)19-17-8-5-2/h21H,3-20H2,1-2H3. The Labute approximate surface area is 136 Å². The molecule has 0 aromatic rings. The van der Waals surface area contributed by atoms with E-state index in [1.807, 2.05) is 0 Å². The highest BCUT2D eigenvalue weighted by Crippen LogP contribution is 2.21. The van der Waals surface area contributed by atoms with Crippen molar-refractivity contribution in [3.05, 3.63) is 6.92 Å². The van der Waals surface area contributed by atoms with E-state index in [2.05, 4.69) is 20.8 Å². The van der Waals surface area contributed by atoms with Gasteiger partial charge in [-0.15, -0.1) is 0 Å². The first-order valence-corrected chi connectivity index (χ1v) is 10.1. The molecule has 0 aliphatic carbocycles. The van der Waals surface area contributed by atoms with Crippen molar-refractivity contribution in [1.82, 2.24) is 0 Å². The third-order valence-corrected chi connectivity index (χ3v) is 4.84. The van der Waals surface area contributed by atoms with Gasteiger partial charge < -0.3 is 0 Å². The zero-order valence-electron chi connectivity index (χ0n) is 15.3. The fourth-order valence-electron chi connectivity index (χ4n) is 3.21. The molecule has 0 saturated heterocycles. The van der Waals surface area contributed by atoms with Gasteiger partial charge in [0.05, 0.1) is 0 Å². The van der Waals surface area contributed by atoms with Crippen molar-refractivity contribution in [2.45, 2.75) is 123 Å². The molecule has 0 heteroatoms. The summed E-state index contributed by atoms with van der Waals surface area (Å²) in [5.41, 5.74) is 0. The molecule has 0 nitrogen and oxygen atoms in total. The Balaban J connectivity index is 3.19. The Hall–Kier alpha value is 0. The third-order valence-electron chi connectivity index (χ3n) is 4.84. The molecule has 21 heavy (non-hydrogen) atoms. The van der Waals surface area contributed by atoms with Crippen LogP contribution in [0.1, 0.15) is 123 Å². The molecule has 0 aromatic carbocycles. The smallest absolute Gasteiger partial charge is 0.0414 e. The quantitative estimate of drug-likeness (QED) is 0.238. The van der Waals surface area contributed by atoms with Gasteiger partial charge in [0.15, 0.2) is 0 Å². The maximum atomic E-state index is 4.13. The van der Waals surface area contributed by atoms with Crippen molar-refractivity contribution in [3.63, 3.8) is 0 Å². The minimum atomic E-state index is 0.912. The number of unbranched alkanes of at least 4 members (excludes halogenated alkanes) is 12. The summed E-state index contributed by atoms with van der Waals surface area (Å²) in [7, 11) is 0. The summed E-state index contributed by atoms with van der Waals surface area (Å²) in [5, 5.41) is 0. The fourth-order valence-corrected chi connectivity index (χ4v) is 3.21. The molecular formula is C21H43. The van der Waals surface area contributed by atoms with E-state index in [-0.39, 0.29) is 0 Å². The molecule has 1 unspecified atom stereocenters. The number of hydrogen-bond acceptors (Lipinski definition) is 0. The van der Waals surface area contributed by atoms with Crippen molar-refractivity contribution in [1.29, 1.82) is 0 Å². The summed E-state index contributed by atoms with van der Waals surface area (Å²) in [6.45, 7) is 8.72. The van der Waals surface area contributed by atoms with Crippen molar-refractivity contribution < 1.29 is 0 Å². The van der Waals surface area contributed by atoms with E-state index in [9.17, 15) is 0 Å². The second-order valence-corrected chi connectivity index (χ2v) is 6.97. The van der Waals surface area contributed by atoms with Crippen molar-refractivity contribution >= 4 is 0 Å². The number of hydrogen-bond donors (Lipinski definition) is 0. The van der Waals surface area contributed by atoms with Gasteiger partial charge in [-0.3, -0.25) is 0 Å². The molecular weight excluding hydrogens is 252 g/mol. The van der Waals surface area contributed by atoms with Gasteiger partial charge in [0.1, 0.15) is 0 Å². The van der Waals surface area contributed by atoms with Crippen LogP contribution in [-0.4, -0.2) is 0 Å². The second-order valence-electron chi connectivity index (χ2n) is 6.97. The molecule has 0 aliphatic heterocycles. The molecule has 0 N–H and O–H groups in total. The van der Waals surface area contributed by atoms with Crippen LogP contribution >= 0.6 is 0 Å². The molecule has 0 aromatic heterocycles. The molecule has 1 radical (unpaired) electrons. The Morgan fingerprint density at radius 1 is 0.524 bits per heavy atom. The molecule has 0 bridgehead atoms. The lowest BCUT2D eigenvalue weighted by molar-refractivity contribution is 0.408. The SMILES string of the molecule is [CH2]CC(CCCCC)CCCCCCCCCCCCC. The van der Waals surface area contributed by atoms with Gasteiger partial charge in [0.2, 0.25) is 0 Å². The first kappa shape index (κ1) is 21.0. The molecule has 127 valence electrons. The first-order chi connectivity index (χ1) is 10.3. The molecule has 1 atom stereocenters. The Kier molecular flexibility index (Phi) is 18.1. The van der Waals surface area contributed by atoms with E-state index in [4.69, 9.17) is 0 Å². The van der Waals surface area contributed by atoms with E-state index in [1.54, 1.807) is 0 Å². The van der Waals surface area contributed by atoms with Crippen LogP contribution in [0.15, 0.2) is 0 Å². The maximum Gasteiger partial charge on any atom is -0.0414 e. The van der Waals surface area contributed by atoms with Gasteiger partial charge in [-0.2, -0.15) is 0 Å². The van der Waals surface area contributed by atoms with Gasteiger partial charge in [-0.25, -0.2) is 0 Å². The summed E-state index contributed by atoms with van der Waals surface area (Å²) in [5.74, 6) is 0.912. The summed E-state index contributed by atoms with van der Waals surface area (Å²) in [4.78, 5) is 0. The van der Waals surface area contributed by atoms with Crippen LogP contribution in [0.3, 0.4) is 0 Å². The Morgan fingerprint density at radius 2 is 0.857 bits per heavy atom. The van der Waals surface area contributed by atoms with E-state index in [0.717, 1.165) is 12.3 Å². The Morgan fingerprint density at radius 3 is 1.29 bits per heavy atom. The zero-order valence-corrected chi connectivity index (χ0v) is 15.3. The van der Waals surface area contributed by atoms with E-state index in [1.165, 1.54) is 103 Å². The highest BCUT2D eigenvalue weighted by atomic mass is 14.1. The van der Waals surface area contributed by atoms with Crippen molar-refractivity contribution in [2.24, 2.45) is 5.92 Å². The molecule has 0 saturated carbocycles. The molecule has 0 fully saturated rings. The number of rotatable bonds is 17. The average molecular weight is 296 g/mol. The lowest BCUT2D eigenvalue weighted by atomic mass is 9.92. The second kappa shape index (κ2) is 18.1. The van der Waals surface area contributed by atoms with E-state index in [0.29, 0.717) is 0 Å². The molecule has 0 heterocycles. The highest BCUT2D eigenvalue weighted by molar-refractivity contribution is 4.61. The Bertz CT molecular complexity index is 173. The largest absolute Gasteiger partial charge is 0.0654 e. The van der Waals surface area contributed by atoms with Crippen LogP contribution in [0, 0.1) is 12.8 Å². The highest BCUT2D eigenvalue weighted by Gasteiger charge is 2.05. The molecule has 0 spiro atoms. The van der Waals surface area contributed by atoms with Gasteiger partial charge in [0.25, 0.3) is 0 Å². The van der Waals surface area contributed by atoms with E-state index >= 15 is 0 Å². The fraction of sp³-hybridized carbons (Fsp3) is 0.952. The normalized spacial score (nSPS) is 12.7. The van der Waals surface area contributed by atoms with Crippen LogP contribution in [-0.2, 0) is 0 Å². The lowest BCUT2D eigenvalue weighted by Gasteiger charge is -2.14. The summed E-state index contributed by atoms with van der Waals surface area (Å²) in [6.07, 6.45) is 24.2. The van der Waals surface area contributed by atoms with Gasteiger partial charge >= 0.3 is 0 Å². The minimum Gasteiger partial charge on any atom is -0.0654 e. The van der Waals surface area contributed by atoms with Gasteiger partial charge in [-0.1, -0.05) is 130 Å². The predicted octanol–water partition coefficient (Wildman–Crippen LogP) is 8.11. The van der Waals surface area contributed by atoms with Crippen molar-refractivity contribution in [2.75, 3.05) is 0 Å². The molecule has 0 amide bonds. The van der Waals surface area contributed by atoms with Gasteiger partial charge in [0, 0.05) is 0 Å². The average Bonchev–Trinajstić information content (AvgIpc) is 2.51. The van der Waals surface area contributed by atoms with Crippen LogP contribution in [0.25, 0.3) is 0 Å². The summed E-state index contributed by atoms with van der Waals surface area (Å²) < 4.78 is 0. The van der Waals surface area contributed by atoms with E-state index < -0.39 is 0 Å². The predicted molar refractivity (Wildman–Crippen MR) is 98.7 cm³/mol. The summed E-state index contributed by atoms with van der Waals surface area (Å²) >= 11 is 0. The van der Waals surface area contributed by atoms with Crippen LogP contribution in [0.2, 0.25) is 0 Å². The van der Waals surface area contributed by atoms with Gasteiger partial charge in [-0.05, 0) is 5.92 Å². The topological polar surface area (TPSA) is 0 Å². The minimum absolute atomic E-state index is 0.912. The maximum absolute atomic E-state index is 4.13. The molecule has 0 aliphatic rings.